The number of hydrogen-bond acceptors (Lipinski definition) is 4. The molecule has 7 nitrogen and oxygen atoms in total. The average Bonchev–Trinajstić information content (AvgIpc) is 2.68. The Morgan fingerprint density at radius 1 is 1.21 bits per heavy atom. The SMILES string of the molecule is CCOC(=O)c1ccc(NC(=O)[C@@H]2c3cccc(Br)c3CCN2C(=O)O)cc1. The van der Waals surface area contributed by atoms with E-state index in [9.17, 15) is 19.5 Å². The zero-order chi connectivity index (χ0) is 20.3. The fourth-order valence-electron chi connectivity index (χ4n) is 3.23. The van der Waals surface area contributed by atoms with Gasteiger partial charge in [0.05, 0.1) is 12.2 Å². The van der Waals surface area contributed by atoms with Crippen LogP contribution in [-0.4, -0.2) is 41.1 Å². The first-order valence-electron chi connectivity index (χ1n) is 8.77. The number of ether oxygens (including phenoxy) is 1. The van der Waals surface area contributed by atoms with E-state index in [-0.39, 0.29) is 13.2 Å². The number of carbonyl (C=O) groups excluding carboxylic acids is 2. The van der Waals surface area contributed by atoms with Crippen molar-refractivity contribution in [3.05, 3.63) is 63.6 Å². The van der Waals surface area contributed by atoms with Crippen molar-refractivity contribution in [2.75, 3.05) is 18.5 Å². The predicted molar refractivity (Wildman–Crippen MR) is 106 cm³/mol. The summed E-state index contributed by atoms with van der Waals surface area (Å²) in [6.07, 6.45) is -0.621. The number of anilines is 1. The van der Waals surface area contributed by atoms with E-state index < -0.39 is 24.0 Å². The molecule has 2 aromatic rings. The molecule has 28 heavy (non-hydrogen) atoms. The van der Waals surface area contributed by atoms with E-state index in [4.69, 9.17) is 4.74 Å². The summed E-state index contributed by atoms with van der Waals surface area (Å²) < 4.78 is 5.79. The van der Waals surface area contributed by atoms with Crippen LogP contribution in [0, 0.1) is 0 Å². The van der Waals surface area contributed by atoms with Gasteiger partial charge in [0.25, 0.3) is 5.91 Å². The number of nitrogens with zero attached hydrogens (tertiary/aromatic N) is 1. The smallest absolute Gasteiger partial charge is 0.408 e. The third-order valence-corrected chi connectivity index (χ3v) is 5.26. The van der Waals surface area contributed by atoms with Gasteiger partial charge in [0.2, 0.25) is 0 Å². The van der Waals surface area contributed by atoms with Crippen LogP contribution in [0.25, 0.3) is 0 Å². The molecule has 2 N–H and O–H groups in total. The molecule has 0 unspecified atom stereocenters. The molecule has 8 heteroatoms. The highest BCUT2D eigenvalue weighted by Gasteiger charge is 2.36. The Hall–Kier alpha value is -2.87. The molecule has 0 aliphatic carbocycles. The lowest BCUT2D eigenvalue weighted by Gasteiger charge is -2.34. The molecule has 0 saturated heterocycles. The molecule has 1 aliphatic rings. The molecule has 1 aliphatic heterocycles. The molecule has 0 radical (unpaired) electrons. The lowest BCUT2D eigenvalue weighted by molar-refractivity contribution is -0.121. The predicted octanol–water partition coefficient (Wildman–Crippen LogP) is 3.84. The first-order valence-corrected chi connectivity index (χ1v) is 9.56. The highest BCUT2D eigenvalue weighted by atomic mass is 79.9. The van der Waals surface area contributed by atoms with Crippen molar-refractivity contribution < 1.29 is 24.2 Å². The first-order chi connectivity index (χ1) is 13.4. The molecule has 0 spiro atoms. The highest BCUT2D eigenvalue weighted by molar-refractivity contribution is 9.10. The van der Waals surface area contributed by atoms with Gasteiger partial charge >= 0.3 is 12.1 Å². The number of amides is 2. The maximum absolute atomic E-state index is 13.0. The third kappa shape index (κ3) is 4.01. The Morgan fingerprint density at radius 2 is 1.93 bits per heavy atom. The normalized spacial score (nSPS) is 15.5. The number of esters is 1. The van der Waals surface area contributed by atoms with Crippen LogP contribution in [0.4, 0.5) is 10.5 Å². The summed E-state index contributed by atoms with van der Waals surface area (Å²) in [6, 6.07) is 10.7. The van der Waals surface area contributed by atoms with Gasteiger partial charge in [0, 0.05) is 16.7 Å². The topological polar surface area (TPSA) is 95.9 Å². The van der Waals surface area contributed by atoms with E-state index in [0.29, 0.717) is 23.2 Å². The molecule has 2 amide bonds. The van der Waals surface area contributed by atoms with Crippen molar-refractivity contribution in [2.45, 2.75) is 19.4 Å². The number of rotatable bonds is 4. The summed E-state index contributed by atoms with van der Waals surface area (Å²) in [6.45, 7) is 2.23. The van der Waals surface area contributed by atoms with E-state index >= 15 is 0 Å². The van der Waals surface area contributed by atoms with Crippen LogP contribution >= 0.6 is 15.9 Å². The van der Waals surface area contributed by atoms with Gasteiger partial charge in [-0.2, -0.15) is 0 Å². The number of nitrogens with one attached hydrogen (secondary N) is 1. The Bertz CT molecular complexity index is 913. The number of fused-ring (bicyclic) bond motifs is 1. The van der Waals surface area contributed by atoms with Gasteiger partial charge < -0.3 is 15.2 Å². The summed E-state index contributed by atoms with van der Waals surface area (Å²) in [4.78, 5) is 37.5. The Morgan fingerprint density at radius 3 is 2.57 bits per heavy atom. The molecule has 146 valence electrons. The monoisotopic (exact) mass is 446 g/mol. The number of halogens is 1. The Balaban J connectivity index is 1.85. The number of benzene rings is 2. The zero-order valence-corrected chi connectivity index (χ0v) is 16.7. The standard InChI is InChI=1S/C20H19BrN2O5/c1-2-28-19(25)12-6-8-13(9-7-12)22-18(24)17-15-4-3-5-16(21)14(15)10-11-23(17)20(26)27/h3-9,17H,2,10-11H2,1H3,(H,22,24)(H,26,27)/t17-/m0/s1. The minimum atomic E-state index is -1.15. The van der Waals surface area contributed by atoms with Crippen LogP contribution in [0.5, 0.6) is 0 Å². The van der Waals surface area contributed by atoms with Crippen molar-refractivity contribution in [1.82, 2.24) is 4.90 Å². The summed E-state index contributed by atoms with van der Waals surface area (Å²) in [5.74, 6) is -0.895. The number of carboxylic acid groups (broad SMARTS) is 1. The quantitative estimate of drug-likeness (QED) is 0.695. The number of carbonyl (C=O) groups is 3. The van der Waals surface area contributed by atoms with Crippen LogP contribution in [0.2, 0.25) is 0 Å². The first kappa shape index (κ1) is 19.9. The van der Waals surface area contributed by atoms with Gasteiger partial charge in [0.1, 0.15) is 6.04 Å². The molecule has 0 fully saturated rings. The van der Waals surface area contributed by atoms with Crippen LogP contribution in [0.3, 0.4) is 0 Å². The Labute approximate surface area is 170 Å². The minimum Gasteiger partial charge on any atom is -0.465 e. The molecule has 1 atom stereocenters. The van der Waals surface area contributed by atoms with E-state index in [1.165, 1.54) is 0 Å². The lowest BCUT2D eigenvalue weighted by Crippen LogP contribution is -2.44. The second kappa shape index (κ2) is 8.43. The maximum Gasteiger partial charge on any atom is 0.408 e. The summed E-state index contributed by atoms with van der Waals surface area (Å²) >= 11 is 3.48. The molecule has 0 bridgehead atoms. The summed E-state index contributed by atoms with van der Waals surface area (Å²) in [5, 5.41) is 12.3. The molecule has 2 aromatic carbocycles. The fraction of sp³-hybridized carbons (Fsp3) is 0.250. The van der Waals surface area contributed by atoms with Gasteiger partial charge in [0.15, 0.2) is 0 Å². The van der Waals surface area contributed by atoms with Crippen molar-refractivity contribution in [1.29, 1.82) is 0 Å². The molecular formula is C20H19BrN2O5. The Kier molecular flexibility index (Phi) is 5.99. The van der Waals surface area contributed by atoms with Crippen LogP contribution < -0.4 is 5.32 Å². The third-order valence-electron chi connectivity index (χ3n) is 4.52. The zero-order valence-electron chi connectivity index (χ0n) is 15.1. The molecule has 0 aromatic heterocycles. The average molecular weight is 447 g/mol. The van der Waals surface area contributed by atoms with Crippen molar-refractivity contribution in [3.8, 4) is 0 Å². The van der Waals surface area contributed by atoms with E-state index in [1.54, 1.807) is 43.3 Å². The molecule has 1 heterocycles. The second-order valence-corrected chi connectivity index (χ2v) is 7.08. The van der Waals surface area contributed by atoms with E-state index in [0.717, 1.165) is 14.9 Å². The van der Waals surface area contributed by atoms with Crippen LogP contribution in [0.15, 0.2) is 46.9 Å². The van der Waals surface area contributed by atoms with E-state index in [2.05, 4.69) is 21.2 Å². The number of hydrogen-bond donors (Lipinski definition) is 2. The van der Waals surface area contributed by atoms with Crippen LogP contribution in [0.1, 0.15) is 34.5 Å². The summed E-state index contributed by atoms with van der Waals surface area (Å²) in [5.41, 5.74) is 2.42. The maximum atomic E-state index is 13.0. The second-order valence-electron chi connectivity index (χ2n) is 6.22. The van der Waals surface area contributed by atoms with Crippen molar-refractivity contribution >= 4 is 39.6 Å². The van der Waals surface area contributed by atoms with Crippen molar-refractivity contribution in [3.63, 3.8) is 0 Å². The minimum absolute atomic E-state index is 0.227. The van der Waals surface area contributed by atoms with Gasteiger partial charge in [-0.3, -0.25) is 9.69 Å². The van der Waals surface area contributed by atoms with Gasteiger partial charge in [-0.1, -0.05) is 28.1 Å². The molecular weight excluding hydrogens is 428 g/mol. The van der Waals surface area contributed by atoms with Gasteiger partial charge in [-0.25, -0.2) is 9.59 Å². The molecule has 0 saturated carbocycles. The van der Waals surface area contributed by atoms with Gasteiger partial charge in [-0.05, 0) is 54.8 Å². The fourth-order valence-corrected chi connectivity index (χ4v) is 3.81. The van der Waals surface area contributed by atoms with Gasteiger partial charge in [-0.15, -0.1) is 0 Å². The van der Waals surface area contributed by atoms with Crippen molar-refractivity contribution in [2.24, 2.45) is 0 Å². The van der Waals surface area contributed by atoms with E-state index in [1.807, 2.05) is 6.07 Å². The largest absolute Gasteiger partial charge is 0.465 e. The molecule has 3 rings (SSSR count). The van der Waals surface area contributed by atoms with Crippen LogP contribution in [-0.2, 0) is 16.0 Å². The lowest BCUT2D eigenvalue weighted by atomic mass is 9.92. The highest BCUT2D eigenvalue weighted by Crippen LogP contribution is 2.34. The summed E-state index contributed by atoms with van der Waals surface area (Å²) in [7, 11) is 0.